The van der Waals surface area contributed by atoms with E-state index in [4.69, 9.17) is 16.2 Å². The molecular weight excluding hydrogens is 268 g/mol. The molecule has 2 aliphatic rings. The largest absolute Gasteiger partial charge is 0.387 e. The first-order chi connectivity index (χ1) is 9.52. The van der Waals surface area contributed by atoms with Crippen LogP contribution in [0.3, 0.4) is 0 Å². The zero-order chi connectivity index (χ0) is 14.4. The fraction of sp³-hybridized carbons (Fsp3) is 0.600. The summed E-state index contributed by atoms with van der Waals surface area (Å²) in [5.41, 5.74) is 11.2. The van der Waals surface area contributed by atoms with Crippen LogP contribution >= 0.6 is 0 Å². The van der Waals surface area contributed by atoms with Crippen molar-refractivity contribution in [2.75, 3.05) is 11.9 Å². The first-order valence-corrected chi connectivity index (χ1v) is 6.14. The number of carbonyl (C=O) groups is 1. The number of carbonyl (C=O) groups excluding carboxylic acids is 1. The number of anilines is 1. The van der Waals surface area contributed by atoms with Crippen molar-refractivity contribution in [1.29, 1.82) is 0 Å². The fourth-order valence-corrected chi connectivity index (χ4v) is 2.41. The number of aromatic nitrogens is 2. The van der Waals surface area contributed by atoms with Gasteiger partial charge in [0.05, 0.1) is 6.33 Å². The van der Waals surface area contributed by atoms with E-state index in [0.29, 0.717) is 5.82 Å². The summed E-state index contributed by atoms with van der Waals surface area (Å²) in [6.45, 7) is 0.0685. The molecule has 2 aliphatic heterocycles. The summed E-state index contributed by atoms with van der Waals surface area (Å²) >= 11 is 0. The van der Waals surface area contributed by atoms with Crippen molar-refractivity contribution in [3.63, 3.8) is 0 Å². The van der Waals surface area contributed by atoms with E-state index in [1.54, 1.807) is 0 Å². The van der Waals surface area contributed by atoms with Crippen molar-refractivity contribution >= 4 is 11.7 Å². The van der Waals surface area contributed by atoms with Gasteiger partial charge in [-0.2, -0.15) is 0 Å². The highest BCUT2D eigenvalue weighted by atomic mass is 16.6. The van der Waals surface area contributed by atoms with Gasteiger partial charge in [-0.25, -0.2) is 4.98 Å². The number of nitrogens with two attached hydrogens (primary N) is 2. The Morgan fingerprint density at radius 3 is 2.80 bits per heavy atom. The summed E-state index contributed by atoms with van der Waals surface area (Å²) in [6.07, 6.45) is -3.27. The lowest BCUT2D eigenvalue weighted by molar-refractivity contribution is -0.0333. The molecule has 10 heteroatoms. The summed E-state index contributed by atoms with van der Waals surface area (Å²) < 4.78 is 6.93. The second-order valence-corrected chi connectivity index (χ2v) is 4.73. The minimum absolute atomic E-state index is 0.0685. The molecule has 20 heavy (non-hydrogen) atoms. The Morgan fingerprint density at radius 1 is 1.40 bits per heavy atom. The lowest BCUT2D eigenvalue weighted by Crippen LogP contribution is -2.51. The molecule has 1 saturated heterocycles. The Balaban J connectivity index is 1.94. The van der Waals surface area contributed by atoms with Crippen LogP contribution in [0.2, 0.25) is 0 Å². The molecule has 1 amide bonds. The zero-order valence-electron chi connectivity index (χ0n) is 10.4. The van der Waals surface area contributed by atoms with E-state index >= 15 is 0 Å². The lowest BCUT2D eigenvalue weighted by atomic mass is 10.1. The summed E-state index contributed by atoms with van der Waals surface area (Å²) in [5, 5.41) is 25.1. The predicted octanol–water partition coefficient (Wildman–Crippen LogP) is -3.14. The number of hydrogen-bond donors (Lipinski definition) is 6. The molecule has 10 nitrogen and oxygen atoms in total. The minimum Gasteiger partial charge on any atom is -0.387 e. The van der Waals surface area contributed by atoms with E-state index in [0.717, 1.165) is 0 Å². The number of fused-ring (bicyclic) bond motifs is 1. The van der Waals surface area contributed by atoms with Crippen molar-refractivity contribution in [2.24, 2.45) is 11.5 Å². The number of nitrogens with zero attached hydrogens (tertiary/aromatic N) is 2. The maximum absolute atomic E-state index is 11.7. The van der Waals surface area contributed by atoms with Crippen LogP contribution < -0.4 is 22.1 Å². The number of imidazole rings is 1. The van der Waals surface area contributed by atoms with E-state index in [1.807, 2.05) is 0 Å². The van der Waals surface area contributed by atoms with Crippen molar-refractivity contribution in [1.82, 2.24) is 14.9 Å². The lowest BCUT2D eigenvalue weighted by Gasteiger charge is -2.25. The zero-order valence-corrected chi connectivity index (χ0v) is 10.4. The van der Waals surface area contributed by atoms with Crippen molar-refractivity contribution < 1.29 is 19.7 Å². The molecule has 0 spiro atoms. The van der Waals surface area contributed by atoms with Crippen LogP contribution in [0, 0.1) is 0 Å². The molecule has 110 valence electrons. The van der Waals surface area contributed by atoms with Gasteiger partial charge in [-0.05, 0) is 0 Å². The molecule has 8 N–H and O–H groups in total. The van der Waals surface area contributed by atoms with Crippen LogP contribution in [0.25, 0.3) is 0 Å². The van der Waals surface area contributed by atoms with Crippen LogP contribution in [0.5, 0.6) is 0 Å². The van der Waals surface area contributed by atoms with Gasteiger partial charge in [0.15, 0.2) is 18.2 Å². The fourth-order valence-electron chi connectivity index (χ4n) is 2.41. The molecule has 5 atom stereocenters. The third kappa shape index (κ3) is 1.85. The summed E-state index contributed by atoms with van der Waals surface area (Å²) in [7, 11) is 0. The van der Waals surface area contributed by atoms with Crippen LogP contribution in [0.1, 0.15) is 16.7 Å². The number of amides is 1. The number of rotatable bonds is 2. The molecule has 0 saturated carbocycles. The quantitative estimate of drug-likeness (QED) is 0.332. The van der Waals surface area contributed by atoms with Gasteiger partial charge in [-0.1, -0.05) is 0 Å². The van der Waals surface area contributed by atoms with Crippen LogP contribution in [0.15, 0.2) is 6.33 Å². The number of hydrogen-bond acceptors (Lipinski definition) is 8. The van der Waals surface area contributed by atoms with Gasteiger partial charge in [0.25, 0.3) is 5.91 Å². The summed E-state index contributed by atoms with van der Waals surface area (Å²) in [6, 6.07) is 0. The standard InChI is InChI=1S/C10H16N6O4/c11-1-3-5(17)6(18)9(20-3)16-2-13-4-7(16)14-10(12)15-8(4)19/h2-3,5-6,9-10,14,17-18H,1,11-12H2,(H,15,19). The van der Waals surface area contributed by atoms with E-state index < -0.39 is 36.7 Å². The molecule has 1 aromatic heterocycles. The monoisotopic (exact) mass is 284 g/mol. The van der Waals surface area contributed by atoms with Gasteiger partial charge in [0, 0.05) is 6.54 Å². The highest BCUT2D eigenvalue weighted by molar-refractivity contribution is 5.99. The smallest absolute Gasteiger partial charge is 0.276 e. The first-order valence-electron chi connectivity index (χ1n) is 6.14. The second kappa shape index (κ2) is 4.68. The van der Waals surface area contributed by atoms with Crippen LogP contribution in [0.4, 0.5) is 5.82 Å². The normalized spacial score (nSPS) is 36.4. The molecule has 1 aromatic rings. The van der Waals surface area contributed by atoms with Crippen LogP contribution in [-0.4, -0.2) is 56.8 Å². The Labute approximate surface area is 113 Å². The summed E-state index contributed by atoms with van der Waals surface area (Å²) in [4.78, 5) is 15.7. The highest BCUT2D eigenvalue weighted by Crippen LogP contribution is 2.33. The average Bonchev–Trinajstić information content (AvgIpc) is 2.93. The SMILES string of the molecule is NCC1OC(n2cnc3c2NC(N)NC3=O)C(O)C1O. The van der Waals surface area contributed by atoms with Gasteiger partial charge in [0.2, 0.25) is 0 Å². The molecule has 3 heterocycles. The third-order valence-electron chi connectivity index (χ3n) is 3.43. The second-order valence-electron chi connectivity index (χ2n) is 4.73. The van der Waals surface area contributed by atoms with Gasteiger partial charge < -0.3 is 31.3 Å². The first kappa shape index (κ1) is 13.3. The Bertz CT molecular complexity index is 534. The third-order valence-corrected chi connectivity index (χ3v) is 3.43. The van der Waals surface area contributed by atoms with E-state index in [9.17, 15) is 15.0 Å². The predicted molar refractivity (Wildman–Crippen MR) is 66.3 cm³/mol. The number of nitrogens with one attached hydrogen (secondary N) is 2. The number of aliphatic hydroxyl groups excluding tert-OH is 2. The van der Waals surface area contributed by atoms with Gasteiger partial charge in [-0.3, -0.25) is 15.1 Å². The van der Waals surface area contributed by atoms with Gasteiger partial charge >= 0.3 is 0 Å². The van der Waals surface area contributed by atoms with Crippen molar-refractivity contribution in [3.05, 3.63) is 12.0 Å². The molecule has 5 unspecified atom stereocenters. The Hall–Kier alpha value is -1.72. The molecule has 0 radical (unpaired) electrons. The van der Waals surface area contributed by atoms with Crippen molar-refractivity contribution in [2.45, 2.75) is 30.8 Å². The topological polar surface area (TPSA) is 161 Å². The average molecular weight is 284 g/mol. The van der Waals surface area contributed by atoms with Crippen molar-refractivity contribution in [3.8, 4) is 0 Å². The molecular formula is C10H16N6O4. The van der Waals surface area contributed by atoms with E-state index in [-0.39, 0.29) is 12.2 Å². The number of aliphatic hydroxyl groups is 2. The van der Waals surface area contributed by atoms with E-state index in [2.05, 4.69) is 15.6 Å². The molecule has 0 bridgehead atoms. The highest BCUT2D eigenvalue weighted by Gasteiger charge is 2.44. The van der Waals surface area contributed by atoms with Gasteiger partial charge in [-0.15, -0.1) is 0 Å². The maximum Gasteiger partial charge on any atom is 0.276 e. The van der Waals surface area contributed by atoms with Gasteiger partial charge in [0.1, 0.15) is 24.1 Å². The van der Waals surface area contributed by atoms with E-state index in [1.165, 1.54) is 10.9 Å². The Kier molecular flexibility index (Phi) is 3.11. The minimum atomic E-state index is -1.18. The van der Waals surface area contributed by atoms with Crippen LogP contribution in [-0.2, 0) is 4.74 Å². The number of ether oxygens (including phenoxy) is 1. The molecule has 0 aliphatic carbocycles. The maximum atomic E-state index is 11.7. The molecule has 0 aromatic carbocycles. The summed E-state index contributed by atoms with van der Waals surface area (Å²) in [5.74, 6) is -0.0939. The molecule has 1 fully saturated rings. The molecule has 3 rings (SSSR count). The Morgan fingerprint density at radius 2 is 2.15 bits per heavy atom.